The zero-order valence-electron chi connectivity index (χ0n) is 25.1. The van der Waals surface area contributed by atoms with E-state index in [1.54, 1.807) is 54.6 Å². The molecule has 12 heteroatoms. The number of rotatable bonds is 13. The molecule has 0 amide bonds. The van der Waals surface area contributed by atoms with Crippen molar-refractivity contribution >= 4 is 27.9 Å². The molecule has 234 valence electrons. The van der Waals surface area contributed by atoms with Crippen LogP contribution in [0.3, 0.4) is 0 Å². The molecular formula is C33H31NO10S. The number of H-pyrrole nitrogens is 1. The van der Waals surface area contributed by atoms with E-state index in [0.717, 1.165) is 16.9 Å². The first kappa shape index (κ1) is 31.1. The molecule has 2 heterocycles. The van der Waals surface area contributed by atoms with Gasteiger partial charge in [-0.1, -0.05) is 30.0 Å². The standard InChI is InChI=1S/C33H31NO10S/c1-18(31-32(36)34-33(37)45-31)19-7-10-21(11-8-19)42-13-6-14-43-30-28(35)27-25(41-5)16-22(38-2)17-26(27)44-29(30)20-9-12-23(39-3)24(15-20)40-4/h7-12,15-17,36H,1,6,13-14H2,2-5H3,(H,34,37). The van der Waals surface area contributed by atoms with Crippen LogP contribution in [0, 0.1) is 0 Å². The van der Waals surface area contributed by atoms with E-state index in [1.807, 2.05) is 0 Å². The van der Waals surface area contributed by atoms with Crippen molar-refractivity contribution in [1.82, 2.24) is 4.98 Å². The highest BCUT2D eigenvalue weighted by Gasteiger charge is 2.22. The van der Waals surface area contributed by atoms with Gasteiger partial charge in [0.1, 0.15) is 28.2 Å². The lowest BCUT2D eigenvalue weighted by Gasteiger charge is -2.15. The highest BCUT2D eigenvalue weighted by Crippen LogP contribution is 2.39. The second kappa shape index (κ2) is 13.5. The van der Waals surface area contributed by atoms with Gasteiger partial charge in [-0.15, -0.1) is 0 Å². The van der Waals surface area contributed by atoms with Gasteiger partial charge < -0.3 is 37.9 Å². The van der Waals surface area contributed by atoms with Crippen molar-refractivity contribution in [3.05, 3.63) is 91.5 Å². The molecule has 0 aliphatic carbocycles. The van der Waals surface area contributed by atoms with Crippen LogP contribution in [-0.4, -0.2) is 51.7 Å². The maximum Gasteiger partial charge on any atom is 0.307 e. The molecule has 0 radical (unpaired) electrons. The normalized spacial score (nSPS) is 10.8. The Morgan fingerprint density at radius 1 is 0.844 bits per heavy atom. The van der Waals surface area contributed by atoms with Gasteiger partial charge in [0, 0.05) is 24.1 Å². The topological polar surface area (TPSA) is 139 Å². The summed E-state index contributed by atoms with van der Waals surface area (Å²) in [4.78, 5) is 27.7. The summed E-state index contributed by atoms with van der Waals surface area (Å²) in [5, 5.41) is 10.1. The number of ether oxygens (including phenoxy) is 6. The molecule has 2 N–H and O–H groups in total. The van der Waals surface area contributed by atoms with Crippen molar-refractivity contribution in [2.75, 3.05) is 41.7 Å². The second-order valence-electron chi connectivity index (χ2n) is 9.61. The molecule has 5 rings (SSSR count). The predicted octanol–water partition coefficient (Wildman–Crippen LogP) is 5.86. The van der Waals surface area contributed by atoms with Crippen LogP contribution in [0.25, 0.3) is 27.9 Å². The number of hydrogen-bond donors (Lipinski definition) is 2. The Balaban J connectivity index is 1.35. The third kappa shape index (κ3) is 6.46. The van der Waals surface area contributed by atoms with Crippen LogP contribution in [0.2, 0.25) is 0 Å². The highest BCUT2D eigenvalue weighted by atomic mass is 32.1. The molecule has 0 aliphatic rings. The molecule has 45 heavy (non-hydrogen) atoms. The van der Waals surface area contributed by atoms with Crippen LogP contribution in [0.5, 0.6) is 40.4 Å². The number of aromatic hydroxyl groups is 1. The number of fused-ring (bicyclic) bond motifs is 1. The number of methoxy groups -OCH3 is 4. The fourth-order valence-corrected chi connectivity index (χ4v) is 5.37. The summed E-state index contributed by atoms with van der Waals surface area (Å²) < 4.78 is 39.9. The van der Waals surface area contributed by atoms with Crippen LogP contribution in [0.1, 0.15) is 16.9 Å². The maximum absolute atomic E-state index is 13.8. The number of benzene rings is 3. The Hall–Kier alpha value is -5.36. The number of aromatic nitrogens is 1. The van der Waals surface area contributed by atoms with Gasteiger partial charge in [0.2, 0.25) is 17.1 Å². The summed E-state index contributed by atoms with van der Waals surface area (Å²) in [6.45, 7) is 4.43. The zero-order valence-corrected chi connectivity index (χ0v) is 25.9. The number of thiazole rings is 1. The van der Waals surface area contributed by atoms with E-state index >= 15 is 0 Å². The van der Waals surface area contributed by atoms with Gasteiger partial charge in [0.05, 0.1) is 46.5 Å². The van der Waals surface area contributed by atoms with Gasteiger partial charge in [-0.3, -0.25) is 14.6 Å². The summed E-state index contributed by atoms with van der Waals surface area (Å²) in [6.07, 6.45) is 0.447. The summed E-state index contributed by atoms with van der Waals surface area (Å²) in [6, 6.07) is 15.5. The van der Waals surface area contributed by atoms with Crippen LogP contribution >= 0.6 is 11.3 Å². The first-order valence-electron chi connectivity index (χ1n) is 13.7. The number of hydrogen-bond acceptors (Lipinski definition) is 11. The lowest BCUT2D eigenvalue weighted by atomic mass is 10.1. The van der Waals surface area contributed by atoms with Crippen molar-refractivity contribution in [2.45, 2.75) is 6.42 Å². The number of nitrogens with one attached hydrogen (secondary N) is 1. The summed E-state index contributed by atoms with van der Waals surface area (Å²) >= 11 is 0.888. The molecule has 3 aromatic carbocycles. The smallest absolute Gasteiger partial charge is 0.307 e. The van der Waals surface area contributed by atoms with E-state index in [-0.39, 0.29) is 45.6 Å². The monoisotopic (exact) mass is 633 g/mol. The summed E-state index contributed by atoms with van der Waals surface area (Å²) in [5.74, 6) is 2.34. The lowest BCUT2D eigenvalue weighted by Crippen LogP contribution is -2.13. The van der Waals surface area contributed by atoms with Crippen molar-refractivity contribution in [1.29, 1.82) is 0 Å². The molecule has 2 aromatic heterocycles. The van der Waals surface area contributed by atoms with Crippen LogP contribution < -0.4 is 38.7 Å². The van der Waals surface area contributed by atoms with Crippen molar-refractivity contribution < 1.29 is 37.9 Å². The lowest BCUT2D eigenvalue weighted by molar-refractivity contribution is 0.244. The molecule has 0 unspecified atom stereocenters. The minimum absolute atomic E-state index is 0.0105. The molecule has 0 fully saturated rings. The molecule has 0 bridgehead atoms. The van der Waals surface area contributed by atoms with Gasteiger partial charge in [-0.05, 0) is 41.5 Å². The van der Waals surface area contributed by atoms with E-state index in [9.17, 15) is 14.7 Å². The Morgan fingerprint density at radius 3 is 2.20 bits per heavy atom. The average Bonchev–Trinajstić information content (AvgIpc) is 3.41. The Morgan fingerprint density at radius 2 is 1.56 bits per heavy atom. The van der Waals surface area contributed by atoms with Crippen molar-refractivity contribution in [3.63, 3.8) is 0 Å². The highest BCUT2D eigenvalue weighted by molar-refractivity contribution is 7.10. The fraction of sp³-hybridized carbons (Fsp3) is 0.212. The third-order valence-corrected chi connectivity index (χ3v) is 7.83. The predicted molar refractivity (Wildman–Crippen MR) is 171 cm³/mol. The molecule has 0 saturated carbocycles. The van der Waals surface area contributed by atoms with Gasteiger partial charge in [0.15, 0.2) is 17.3 Å². The van der Waals surface area contributed by atoms with Crippen molar-refractivity contribution in [3.8, 4) is 51.7 Å². The Kier molecular flexibility index (Phi) is 9.33. The molecular weight excluding hydrogens is 602 g/mol. The van der Waals surface area contributed by atoms with E-state index in [4.69, 9.17) is 32.8 Å². The second-order valence-corrected chi connectivity index (χ2v) is 10.6. The van der Waals surface area contributed by atoms with E-state index in [2.05, 4.69) is 11.6 Å². The zero-order chi connectivity index (χ0) is 32.1. The van der Waals surface area contributed by atoms with Crippen molar-refractivity contribution in [2.24, 2.45) is 0 Å². The van der Waals surface area contributed by atoms with E-state index in [0.29, 0.717) is 52.0 Å². The Labute approximate surface area is 261 Å². The summed E-state index contributed by atoms with van der Waals surface area (Å²) in [5.41, 5.74) is 1.65. The first-order valence-corrected chi connectivity index (χ1v) is 14.5. The van der Waals surface area contributed by atoms with Crippen LogP contribution in [-0.2, 0) is 0 Å². The van der Waals surface area contributed by atoms with Crippen LogP contribution in [0.4, 0.5) is 0 Å². The Bertz CT molecular complexity index is 1960. The quantitative estimate of drug-likeness (QED) is 0.152. The molecule has 0 aliphatic heterocycles. The average molecular weight is 634 g/mol. The van der Waals surface area contributed by atoms with Gasteiger partial charge in [0.25, 0.3) is 0 Å². The van der Waals surface area contributed by atoms with Gasteiger partial charge in [-0.2, -0.15) is 0 Å². The molecule has 11 nitrogen and oxygen atoms in total. The molecule has 0 saturated heterocycles. The maximum atomic E-state index is 13.8. The first-order chi connectivity index (χ1) is 21.8. The van der Waals surface area contributed by atoms with E-state index in [1.165, 1.54) is 28.4 Å². The minimum Gasteiger partial charge on any atom is -0.496 e. The molecule has 0 atom stereocenters. The molecule has 0 spiro atoms. The number of aromatic amines is 1. The van der Waals surface area contributed by atoms with Gasteiger partial charge >= 0.3 is 4.87 Å². The summed E-state index contributed by atoms with van der Waals surface area (Å²) in [7, 11) is 6.03. The largest absolute Gasteiger partial charge is 0.496 e. The third-order valence-electron chi connectivity index (χ3n) is 6.90. The van der Waals surface area contributed by atoms with Crippen LogP contribution in [0.15, 0.2) is 75.2 Å². The molecule has 5 aromatic rings. The minimum atomic E-state index is -0.407. The SMILES string of the molecule is C=C(c1ccc(OCCCOc2c(-c3ccc(OC)c(OC)c3)oc3cc(OC)cc(OC)c3c2=O)cc1)c1sc(=O)[nH]c1O. The fourth-order valence-electron chi connectivity index (χ4n) is 4.65. The van der Waals surface area contributed by atoms with E-state index < -0.39 is 5.43 Å². The van der Waals surface area contributed by atoms with Gasteiger partial charge in [-0.25, -0.2) is 0 Å².